The Bertz CT molecular complexity index is 1320. The van der Waals surface area contributed by atoms with Gasteiger partial charge in [-0.1, -0.05) is 25.1 Å². The molecule has 0 unspecified atom stereocenters. The van der Waals surface area contributed by atoms with Crippen LogP contribution in [0.15, 0.2) is 60.9 Å². The van der Waals surface area contributed by atoms with Gasteiger partial charge in [0.05, 0.1) is 30.6 Å². The summed E-state index contributed by atoms with van der Waals surface area (Å²) in [6.45, 7) is 8.63. The first-order valence-electron chi connectivity index (χ1n) is 13.3. The molecule has 0 aliphatic carbocycles. The molecule has 0 saturated carbocycles. The van der Waals surface area contributed by atoms with Gasteiger partial charge in [-0.2, -0.15) is 0 Å². The summed E-state index contributed by atoms with van der Waals surface area (Å²) in [4.78, 5) is 33.6. The number of carbonyl (C=O) groups is 2. The summed E-state index contributed by atoms with van der Waals surface area (Å²) < 4.78 is 10.7. The van der Waals surface area contributed by atoms with Gasteiger partial charge in [-0.3, -0.25) is 9.88 Å². The fourth-order valence-electron chi connectivity index (χ4n) is 4.80. The summed E-state index contributed by atoms with van der Waals surface area (Å²) in [7, 11) is 3.41. The Balaban J connectivity index is 1.64. The molecule has 1 aliphatic heterocycles. The van der Waals surface area contributed by atoms with Crippen LogP contribution in [0.4, 0.5) is 21.9 Å². The van der Waals surface area contributed by atoms with E-state index in [1.54, 1.807) is 23.4 Å². The summed E-state index contributed by atoms with van der Waals surface area (Å²) in [6, 6.07) is 16.3. The lowest BCUT2D eigenvalue weighted by Crippen LogP contribution is -2.45. The first-order valence-corrected chi connectivity index (χ1v) is 13.3. The molecule has 1 aromatic heterocycles. The van der Waals surface area contributed by atoms with E-state index in [1.807, 2.05) is 20.8 Å². The molecular weight excluding hydrogens is 492 g/mol. The van der Waals surface area contributed by atoms with Gasteiger partial charge < -0.3 is 19.7 Å². The van der Waals surface area contributed by atoms with Crippen LogP contribution in [0.5, 0.6) is 0 Å². The van der Waals surface area contributed by atoms with Gasteiger partial charge in [0.2, 0.25) is 0 Å². The number of nitrogens with one attached hydrogen (secondary N) is 1. The van der Waals surface area contributed by atoms with Crippen LogP contribution in [0.25, 0.3) is 0 Å². The van der Waals surface area contributed by atoms with Crippen LogP contribution >= 0.6 is 0 Å². The highest BCUT2D eigenvalue weighted by Crippen LogP contribution is 2.35. The molecule has 0 saturated heterocycles. The second-order valence-corrected chi connectivity index (χ2v) is 10.7. The smallest absolute Gasteiger partial charge is 0.410 e. The quantitative estimate of drug-likeness (QED) is 0.367. The maximum absolute atomic E-state index is 13.3. The number of esters is 1. The monoisotopic (exact) mass is 530 g/mol. The number of carbonyl (C=O) groups excluding carboxylic acids is 2. The van der Waals surface area contributed by atoms with E-state index in [2.05, 4.69) is 71.6 Å². The fraction of sp³-hybridized carbons (Fsp3) is 0.387. The molecule has 206 valence electrons. The van der Waals surface area contributed by atoms with Crippen molar-refractivity contribution in [1.29, 1.82) is 0 Å². The molecule has 0 bridgehead atoms. The van der Waals surface area contributed by atoms with E-state index in [1.165, 1.54) is 18.2 Å². The molecule has 3 aromatic rings. The summed E-state index contributed by atoms with van der Waals surface area (Å²) in [5.41, 5.74) is 6.04. The van der Waals surface area contributed by atoms with Gasteiger partial charge in [-0.15, -0.1) is 0 Å². The number of rotatable bonds is 7. The van der Waals surface area contributed by atoms with Crippen molar-refractivity contribution in [3.8, 4) is 0 Å². The molecule has 1 aliphatic rings. The lowest BCUT2D eigenvalue weighted by molar-refractivity contribution is 0.0153. The Labute approximate surface area is 230 Å². The lowest BCUT2D eigenvalue weighted by Gasteiger charge is -2.39. The van der Waals surface area contributed by atoms with E-state index in [-0.39, 0.29) is 12.1 Å². The molecule has 8 nitrogen and oxygen atoms in total. The number of fused-ring (bicyclic) bond motifs is 1. The van der Waals surface area contributed by atoms with E-state index in [0.29, 0.717) is 30.8 Å². The summed E-state index contributed by atoms with van der Waals surface area (Å²) in [6.07, 6.45) is 4.50. The molecule has 0 spiro atoms. The van der Waals surface area contributed by atoms with Crippen molar-refractivity contribution >= 4 is 29.1 Å². The lowest BCUT2D eigenvalue weighted by atomic mass is 9.91. The zero-order valence-corrected chi connectivity index (χ0v) is 23.7. The summed E-state index contributed by atoms with van der Waals surface area (Å²) in [5, 5.41) is 3.34. The number of benzene rings is 2. The third-order valence-corrected chi connectivity index (χ3v) is 6.94. The van der Waals surface area contributed by atoms with Gasteiger partial charge in [-0.25, -0.2) is 9.59 Å². The topological polar surface area (TPSA) is 84.0 Å². The second kappa shape index (κ2) is 11.8. The minimum absolute atomic E-state index is 0.308. The minimum Gasteiger partial charge on any atom is -0.465 e. The number of ether oxygens (including phenoxy) is 2. The number of pyridine rings is 1. The molecule has 0 radical (unpaired) electrons. The van der Waals surface area contributed by atoms with Crippen LogP contribution in [0.1, 0.15) is 60.8 Å². The van der Waals surface area contributed by atoms with Crippen LogP contribution in [-0.2, 0) is 22.3 Å². The summed E-state index contributed by atoms with van der Waals surface area (Å²) in [5.74, 6) is -0.451. The van der Waals surface area contributed by atoms with E-state index in [0.717, 1.165) is 23.4 Å². The van der Waals surface area contributed by atoms with Crippen LogP contribution in [0.3, 0.4) is 0 Å². The molecule has 2 aromatic carbocycles. The van der Waals surface area contributed by atoms with E-state index >= 15 is 0 Å². The third-order valence-electron chi connectivity index (χ3n) is 6.94. The summed E-state index contributed by atoms with van der Waals surface area (Å²) >= 11 is 0. The number of hydrogen-bond donors (Lipinski definition) is 1. The van der Waals surface area contributed by atoms with Crippen molar-refractivity contribution in [2.24, 2.45) is 0 Å². The number of anilines is 3. The zero-order chi connectivity index (χ0) is 28.2. The average molecular weight is 531 g/mol. The Morgan fingerprint density at radius 2 is 1.82 bits per heavy atom. The number of methoxy groups -OCH3 is 1. The third kappa shape index (κ3) is 6.50. The van der Waals surface area contributed by atoms with Crippen molar-refractivity contribution in [3.63, 3.8) is 0 Å². The largest absolute Gasteiger partial charge is 0.465 e. The molecule has 4 rings (SSSR count). The number of aromatic nitrogens is 1. The number of aryl methyl sites for hydroxylation is 1. The van der Waals surface area contributed by atoms with E-state index in [9.17, 15) is 9.59 Å². The van der Waals surface area contributed by atoms with Crippen molar-refractivity contribution in [2.75, 3.05) is 37.5 Å². The molecule has 1 N–H and O–H groups in total. The predicted molar refractivity (Wildman–Crippen MR) is 154 cm³/mol. The molecule has 2 heterocycles. The molecule has 0 fully saturated rings. The van der Waals surface area contributed by atoms with Gasteiger partial charge in [-0.05, 0) is 80.6 Å². The molecular formula is C31H38N4O4. The molecule has 39 heavy (non-hydrogen) atoms. The van der Waals surface area contributed by atoms with Crippen LogP contribution in [0, 0.1) is 0 Å². The maximum atomic E-state index is 13.3. The van der Waals surface area contributed by atoms with E-state index < -0.39 is 11.6 Å². The first-order chi connectivity index (χ1) is 18.6. The SMILES string of the molecule is CCc1ccc(N(C)c2ccc3c(c2)CCN(C(=O)OC(C)(C)C)[C@@H]3CNc2cnccc2C(=O)OC)cc1. The van der Waals surface area contributed by atoms with Crippen LogP contribution < -0.4 is 10.2 Å². The first kappa shape index (κ1) is 28.0. The standard InChI is InChI=1S/C31H38N4O4/c1-7-21-8-10-23(11-9-21)34(5)24-12-13-25-22(18-24)15-17-35(30(37)39-31(2,3)4)28(25)20-33-27-19-32-16-14-26(27)29(36)38-6/h8-14,16,18-19,28,33H,7,15,17,20H2,1-6H3/t28-/m1/s1. The van der Waals surface area contributed by atoms with Gasteiger partial charge >= 0.3 is 12.1 Å². The van der Waals surface area contributed by atoms with Crippen molar-refractivity contribution in [1.82, 2.24) is 9.88 Å². The minimum atomic E-state index is -0.614. The number of nitrogens with zero attached hydrogens (tertiary/aromatic N) is 3. The predicted octanol–water partition coefficient (Wildman–Crippen LogP) is 6.14. The average Bonchev–Trinajstić information content (AvgIpc) is 2.93. The number of hydrogen-bond acceptors (Lipinski definition) is 7. The highest BCUT2D eigenvalue weighted by atomic mass is 16.6. The van der Waals surface area contributed by atoms with Crippen LogP contribution in [-0.4, -0.2) is 54.8 Å². The normalized spacial score (nSPS) is 14.8. The van der Waals surface area contributed by atoms with Gasteiger partial charge in [0.1, 0.15) is 5.60 Å². The Morgan fingerprint density at radius 3 is 2.49 bits per heavy atom. The van der Waals surface area contributed by atoms with Crippen molar-refractivity contribution < 1.29 is 19.1 Å². The maximum Gasteiger partial charge on any atom is 0.410 e. The Hall–Kier alpha value is -4.07. The zero-order valence-electron chi connectivity index (χ0n) is 23.7. The molecule has 1 atom stereocenters. The second-order valence-electron chi connectivity index (χ2n) is 10.7. The van der Waals surface area contributed by atoms with Crippen molar-refractivity contribution in [2.45, 2.75) is 52.2 Å². The van der Waals surface area contributed by atoms with Crippen molar-refractivity contribution in [3.05, 3.63) is 83.2 Å². The van der Waals surface area contributed by atoms with Gasteiger partial charge in [0.25, 0.3) is 0 Å². The molecule has 8 heteroatoms. The van der Waals surface area contributed by atoms with Gasteiger partial charge in [0, 0.05) is 37.7 Å². The van der Waals surface area contributed by atoms with Crippen LogP contribution in [0.2, 0.25) is 0 Å². The highest BCUT2D eigenvalue weighted by molar-refractivity contribution is 5.95. The Morgan fingerprint density at radius 1 is 1.10 bits per heavy atom. The number of amides is 1. The van der Waals surface area contributed by atoms with E-state index in [4.69, 9.17) is 9.47 Å². The Kier molecular flexibility index (Phi) is 8.43. The highest BCUT2D eigenvalue weighted by Gasteiger charge is 2.34. The van der Waals surface area contributed by atoms with Gasteiger partial charge in [0.15, 0.2) is 0 Å². The fourth-order valence-corrected chi connectivity index (χ4v) is 4.80. The molecule has 1 amide bonds.